The Labute approximate surface area is 190 Å². The van der Waals surface area contributed by atoms with Crippen LogP contribution in [0.5, 0.6) is 0 Å². The van der Waals surface area contributed by atoms with Crippen LogP contribution in [-0.4, -0.2) is 82.7 Å². The van der Waals surface area contributed by atoms with Crippen LogP contribution in [0.3, 0.4) is 0 Å². The average molecular weight is 442 g/mol. The Morgan fingerprint density at radius 1 is 1.19 bits per heavy atom. The number of carbonyl (C=O) groups excluding carboxylic acids is 1. The predicted molar refractivity (Wildman–Crippen MR) is 123 cm³/mol. The summed E-state index contributed by atoms with van der Waals surface area (Å²) in [4.78, 5) is 28.0. The van der Waals surface area contributed by atoms with Gasteiger partial charge in [-0.05, 0) is 44.7 Å². The van der Waals surface area contributed by atoms with Crippen LogP contribution in [0.15, 0.2) is 22.9 Å². The molecule has 9 nitrogen and oxygen atoms in total. The normalized spacial score (nSPS) is 20.6. The van der Waals surface area contributed by atoms with E-state index in [0.29, 0.717) is 30.7 Å². The molecule has 32 heavy (non-hydrogen) atoms. The quantitative estimate of drug-likeness (QED) is 0.698. The molecule has 1 atom stereocenters. The number of rotatable bonds is 7. The van der Waals surface area contributed by atoms with Crippen LogP contribution in [0.2, 0.25) is 0 Å². The highest BCUT2D eigenvalue weighted by molar-refractivity contribution is 5.78. The number of nitrogens with one attached hydrogen (secondary N) is 1. The van der Waals surface area contributed by atoms with Crippen LogP contribution in [-0.2, 0) is 11.3 Å². The van der Waals surface area contributed by atoms with Crippen LogP contribution >= 0.6 is 0 Å². The monoisotopic (exact) mass is 441 g/mol. The highest BCUT2D eigenvalue weighted by Crippen LogP contribution is 2.23. The van der Waals surface area contributed by atoms with Gasteiger partial charge in [0.2, 0.25) is 17.6 Å². The summed E-state index contributed by atoms with van der Waals surface area (Å²) < 4.78 is 5.50. The van der Waals surface area contributed by atoms with Gasteiger partial charge in [0.1, 0.15) is 5.82 Å². The Bertz CT molecular complexity index is 875. The first-order chi connectivity index (χ1) is 15.5. The maximum absolute atomic E-state index is 11.9. The summed E-state index contributed by atoms with van der Waals surface area (Å²) in [6, 6.07) is 4.25. The summed E-state index contributed by atoms with van der Waals surface area (Å²) in [5, 5.41) is 7.11. The summed E-state index contributed by atoms with van der Waals surface area (Å²) in [7, 11) is 0. The zero-order valence-corrected chi connectivity index (χ0v) is 19.5. The van der Waals surface area contributed by atoms with E-state index in [0.717, 1.165) is 50.6 Å². The van der Waals surface area contributed by atoms with E-state index >= 15 is 0 Å². The number of carbonyl (C=O) groups is 1. The summed E-state index contributed by atoms with van der Waals surface area (Å²) in [6.45, 7) is 12.9. The SMILES string of the molecule is CC(C)NC(=O)CN1CCN(Cc2nc(-c3ccc(N4CCC[C@H](C)C4)nc3)no2)CC1. The van der Waals surface area contributed by atoms with Gasteiger partial charge in [-0.25, -0.2) is 4.98 Å². The van der Waals surface area contributed by atoms with E-state index in [2.05, 4.69) is 48.1 Å². The molecule has 1 amide bonds. The number of piperidine rings is 1. The van der Waals surface area contributed by atoms with E-state index in [9.17, 15) is 4.79 Å². The molecule has 0 radical (unpaired) electrons. The fraction of sp³-hybridized carbons (Fsp3) is 0.652. The topological polar surface area (TPSA) is 90.6 Å². The molecule has 2 aliphatic heterocycles. The fourth-order valence-corrected chi connectivity index (χ4v) is 4.41. The lowest BCUT2D eigenvalue weighted by molar-refractivity contribution is -0.123. The Hall–Kier alpha value is -2.52. The molecule has 4 rings (SSSR count). The van der Waals surface area contributed by atoms with Crippen molar-refractivity contribution in [2.75, 3.05) is 50.7 Å². The van der Waals surface area contributed by atoms with Gasteiger partial charge in [0.05, 0.1) is 13.1 Å². The van der Waals surface area contributed by atoms with Crippen molar-refractivity contribution in [3.63, 3.8) is 0 Å². The average Bonchev–Trinajstić information content (AvgIpc) is 3.23. The van der Waals surface area contributed by atoms with Gasteiger partial charge in [-0.2, -0.15) is 4.98 Å². The molecule has 4 heterocycles. The Kier molecular flexibility index (Phi) is 7.36. The molecule has 2 aromatic heterocycles. The van der Waals surface area contributed by atoms with Crippen molar-refractivity contribution in [2.45, 2.75) is 46.2 Å². The number of anilines is 1. The number of hydrogen-bond acceptors (Lipinski definition) is 8. The molecule has 174 valence electrons. The van der Waals surface area contributed by atoms with Gasteiger partial charge in [0.15, 0.2) is 0 Å². The van der Waals surface area contributed by atoms with E-state index in [1.54, 1.807) is 0 Å². The van der Waals surface area contributed by atoms with Crippen molar-refractivity contribution in [3.8, 4) is 11.4 Å². The maximum atomic E-state index is 11.9. The molecule has 2 saturated heterocycles. The first-order valence-electron chi connectivity index (χ1n) is 11.7. The molecule has 2 aliphatic rings. The summed E-state index contributed by atoms with van der Waals surface area (Å²) >= 11 is 0. The first kappa shape index (κ1) is 22.7. The Balaban J connectivity index is 1.27. The molecule has 2 fully saturated rings. The molecule has 0 bridgehead atoms. The third-order valence-electron chi connectivity index (χ3n) is 6.10. The van der Waals surface area contributed by atoms with Crippen molar-refractivity contribution in [1.82, 2.24) is 30.2 Å². The van der Waals surface area contributed by atoms with E-state index in [1.165, 1.54) is 12.8 Å². The van der Waals surface area contributed by atoms with Crippen LogP contribution in [0, 0.1) is 5.92 Å². The highest BCUT2D eigenvalue weighted by Gasteiger charge is 2.22. The second-order valence-corrected chi connectivity index (χ2v) is 9.38. The van der Waals surface area contributed by atoms with Gasteiger partial charge in [0.25, 0.3) is 0 Å². The number of aromatic nitrogens is 3. The summed E-state index contributed by atoms with van der Waals surface area (Å²) in [6.07, 6.45) is 4.35. The van der Waals surface area contributed by atoms with Crippen molar-refractivity contribution in [1.29, 1.82) is 0 Å². The molecule has 2 aromatic rings. The summed E-state index contributed by atoms with van der Waals surface area (Å²) in [5.41, 5.74) is 0.870. The lowest BCUT2D eigenvalue weighted by Crippen LogP contribution is -2.49. The van der Waals surface area contributed by atoms with Crippen molar-refractivity contribution in [3.05, 3.63) is 24.2 Å². The van der Waals surface area contributed by atoms with Gasteiger partial charge >= 0.3 is 0 Å². The zero-order valence-electron chi connectivity index (χ0n) is 19.5. The number of nitrogens with zero attached hydrogens (tertiary/aromatic N) is 6. The lowest BCUT2D eigenvalue weighted by Gasteiger charge is -2.33. The van der Waals surface area contributed by atoms with Gasteiger partial charge in [0, 0.05) is 57.1 Å². The zero-order chi connectivity index (χ0) is 22.5. The number of hydrogen-bond donors (Lipinski definition) is 1. The third-order valence-corrected chi connectivity index (χ3v) is 6.10. The highest BCUT2D eigenvalue weighted by atomic mass is 16.5. The second-order valence-electron chi connectivity index (χ2n) is 9.38. The van der Waals surface area contributed by atoms with Crippen LogP contribution in [0.25, 0.3) is 11.4 Å². The molecule has 0 spiro atoms. The minimum Gasteiger partial charge on any atom is -0.356 e. The second kappa shape index (κ2) is 10.4. The van der Waals surface area contributed by atoms with Gasteiger partial charge in [-0.15, -0.1) is 0 Å². The van der Waals surface area contributed by atoms with Gasteiger partial charge in [-0.3, -0.25) is 14.6 Å². The third kappa shape index (κ3) is 6.04. The van der Waals surface area contributed by atoms with Crippen LogP contribution in [0.1, 0.15) is 39.5 Å². The van der Waals surface area contributed by atoms with E-state index in [4.69, 9.17) is 4.52 Å². The van der Waals surface area contributed by atoms with E-state index < -0.39 is 0 Å². The maximum Gasteiger partial charge on any atom is 0.241 e. The minimum absolute atomic E-state index is 0.0874. The number of amides is 1. The van der Waals surface area contributed by atoms with Crippen molar-refractivity contribution >= 4 is 11.7 Å². The Morgan fingerprint density at radius 2 is 1.97 bits per heavy atom. The van der Waals surface area contributed by atoms with Gasteiger partial charge in [-0.1, -0.05) is 12.1 Å². The molecule has 0 unspecified atom stereocenters. The lowest BCUT2D eigenvalue weighted by atomic mass is 10.0. The largest absolute Gasteiger partial charge is 0.356 e. The minimum atomic E-state index is 0.0874. The molecule has 1 N–H and O–H groups in total. The number of piperazine rings is 1. The molecule has 0 aromatic carbocycles. The predicted octanol–water partition coefficient (Wildman–Crippen LogP) is 2.01. The van der Waals surface area contributed by atoms with Crippen molar-refractivity contribution < 1.29 is 9.32 Å². The van der Waals surface area contributed by atoms with E-state index in [-0.39, 0.29) is 11.9 Å². The molecular weight excluding hydrogens is 406 g/mol. The number of pyridine rings is 1. The standard InChI is InChI=1S/C23H35N7O2/c1-17(2)25-21(31)15-28-9-11-29(12-10-28)16-22-26-23(27-32-22)19-6-7-20(24-13-19)30-8-4-5-18(3)14-30/h6-7,13,17-18H,4-5,8-12,14-16H2,1-3H3,(H,25,31)/t18-/m0/s1. The molecule has 0 saturated carbocycles. The smallest absolute Gasteiger partial charge is 0.241 e. The first-order valence-corrected chi connectivity index (χ1v) is 11.7. The molecule has 9 heteroatoms. The van der Waals surface area contributed by atoms with Gasteiger partial charge < -0.3 is 14.7 Å². The van der Waals surface area contributed by atoms with Crippen molar-refractivity contribution in [2.24, 2.45) is 5.92 Å². The molecular formula is C23H35N7O2. The molecule has 0 aliphatic carbocycles. The Morgan fingerprint density at radius 3 is 2.66 bits per heavy atom. The van der Waals surface area contributed by atoms with Crippen LogP contribution < -0.4 is 10.2 Å². The van der Waals surface area contributed by atoms with E-state index in [1.807, 2.05) is 26.1 Å². The van der Waals surface area contributed by atoms with Crippen LogP contribution in [0.4, 0.5) is 5.82 Å². The summed E-state index contributed by atoms with van der Waals surface area (Å²) in [5.74, 6) is 3.01. The fourth-order valence-electron chi connectivity index (χ4n) is 4.41.